The molecule has 0 fully saturated rings. The summed E-state index contributed by atoms with van der Waals surface area (Å²) in [7, 11) is 3.16. The highest BCUT2D eigenvalue weighted by Gasteiger charge is 2.17. The number of aromatic nitrogens is 3. The number of esters is 1. The van der Waals surface area contributed by atoms with Crippen LogP contribution in [0.3, 0.4) is 0 Å². The molecule has 0 unspecified atom stereocenters. The molecule has 1 amide bonds. The van der Waals surface area contributed by atoms with E-state index >= 15 is 0 Å². The van der Waals surface area contributed by atoms with Gasteiger partial charge in [0.2, 0.25) is 5.91 Å². The topological polar surface area (TPSA) is 95.3 Å². The van der Waals surface area contributed by atoms with E-state index in [4.69, 9.17) is 9.47 Å². The van der Waals surface area contributed by atoms with Crippen LogP contribution in [0.4, 0.5) is 5.00 Å². The Morgan fingerprint density at radius 3 is 2.61 bits per heavy atom. The molecule has 1 aromatic carbocycles. The van der Waals surface area contributed by atoms with Gasteiger partial charge in [-0.05, 0) is 41.6 Å². The average molecular weight is 461 g/mol. The minimum absolute atomic E-state index is 0.131. The van der Waals surface area contributed by atoms with Gasteiger partial charge in [0.15, 0.2) is 11.0 Å². The second-order valence-electron chi connectivity index (χ2n) is 7.09. The Bertz CT molecular complexity index is 1040. The molecule has 10 heteroatoms. The van der Waals surface area contributed by atoms with Crippen LogP contribution < -0.4 is 10.1 Å². The maximum atomic E-state index is 12.3. The Hall–Kier alpha value is -2.85. The minimum atomic E-state index is -0.484. The molecule has 0 aliphatic carbocycles. The van der Waals surface area contributed by atoms with Crippen molar-refractivity contribution in [3.05, 3.63) is 41.3 Å². The lowest BCUT2D eigenvalue weighted by Gasteiger charge is -2.09. The third-order valence-corrected chi connectivity index (χ3v) is 6.04. The number of rotatable bonds is 9. The lowest BCUT2D eigenvalue weighted by molar-refractivity contribution is -0.113. The number of thiophene rings is 1. The van der Waals surface area contributed by atoms with E-state index in [-0.39, 0.29) is 11.7 Å². The number of amides is 1. The van der Waals surface area contributed by atoms with Gasteiger partial charge in [-0.2, -0.15) is 0 Å². The van der Waals surface area contributed by atoms with Gasteiger partial charge in [-0.25, -0.2) is 4.79 Å². The highest BCUT2D eigenvalue weighted by Crippen LogP contribution is 2.26. The fourth-order valence-corrected chi connectivity index (χ4v) is 4.13. The Morgan fingerprint density at radius 1 is 1.19 bits per heavy atom. The van der Waals surface area contributed by atoms with E-state index in [2.05, 4.69) is 29.4 Å². The summed E-state index contributed by atoms with van der Waals surface area (Å²) in [5, 5.41) is 14.0. The number of anilines is 1. The number of hydrogen-bond donors (Lipinski definition) is 1. The molecule has 2 heterocycles. The van der Waals surface area contributed by atoms with Crippen LogP contribution in [0.1, 0.15) is 24.2 Å². The number of hydrogen-bond acceptors (Lipinski definition) is 8. The predicted octanol–water partition coefficient (Wildman–Crippen LogP) is 4.10. The molecule has 0 aliphatic rings. The van der Waals surface area contributed by atoms with Crippen LogP contribution in [0, 0.1) is 5.92 Å². The van der Waals surface area contributed by atoms with Crippen LogP contribution in [0.2, 0.25) is 0 Å². The van der Waals surface area contributed by atoms with Gasteiger partial charge in [0, 0.05) is 12.6 Å². The molecule has 0 bridgehead atoms. The van der Waals surface area contributed by atoms with Gasteiger partial charge in [0.1, 0.15) is 10.8 Å². The van der Waals surface area contributed by atoms with Gasteiger partial charge in [-0.1, -0.05) is 25.6 Å². The van der Waals surface area contributed by atoms with Gasteiger partial charge < -0.3 is 19.4 Å². The van der Waals surface area contributed by atoms with Crippen molar-refractivity contribution in [2.24, 2.45) is 13.0 Å². The minimum Gasteiger partial charge on any atom is -0.493 e. The first-order valence-electron chi connectivity index (χ1n) is 9.60. The Balaban J connectivity index is 1.60. The van der Waals surface area contributed by atoms with Gasteiger partial charge in [-0.3, -0.25) is 4.79 Å². The van der Waals surface area contributed by atoms with E-state index in [1.165, 1.54) is 30.2 Å². The molecule has 0 atom stereocenters. The summed E-state index contributed by atoms with van der Waals surface area (Å²) in [5.41, 5.74) is 1.25. The van der Waals surface area contributed by atoms with Gasteiger partial charge in [0.05, 0.1) is 25.0 Å². The quantitative estimate of drug-likeness (QED) is 0.379. The molecule has 0 spiro atoms. The van der Waals surface area contributed by atoms with Crippen molar-refractivity contribution in [2.75, 3.05) is 24.8 Å². The van der Waals surface area contributed by atoms with E-state index in [0.29, 0.717) is 34.1 Å². The smallest absolute Gasteiger partial charge is 0.340 e. The van der Waals surface area contributed by atoms with Crippen LogP contribution in [-0.4, -0.2) is 46.1 Å². The normalized spacial score (nSPS) is 10.9. The van der Waals surface area contributed by atoms with Crippen molar-refractivity contribution in [2.45, 2.75) is 19.0 Å². The van der Waals surface area contributed by atoms with Crippen molar-refractivity contribution in [1.29, 1.82) is 0 Å². The molecular weight excluding hydrogens is 436 g/mol. The van der Waals surface area contributed by atoms with Crippen molar-refractivity contribution in [1.82, 2.24) is 14.8 Å². The van der Waals surface area contributed by atoms with Gasteiger partial charge in [-0.15, -0.1) is 21.5 Å². The summed E-state index contributed by atoms with van der Waals surface area (Å²) >= 11 is 2.54. The van der Waals surface area contributed by atoms with Crippen LogP contribution in [0.5, 0.6) is 5.75 Å². The van der Waals surface area contributed by atoms with Gasteiger partial charge in [0.25, 0.3) is 0 Å². The van der Waals surface area contributed by atoms with E-state index in [0.717, 1.165) is 11.3 Å². The number of nitrogens with zero attached hydrogens (tertiary/aromatic N) is 3. The van der Waals surface area contributed by atoms with Crippen LogP contribution >= 0.6 is 23.1 Å². The SMILES string of the molecule is COC(=O)c1ccsc1NC(=O)CSc1nnc(-c2ccc(OCC(C)C)cc2)n1C. The number of ether oxygens (including phenoxy) is 2. The zero-order chi connectivity index (χ0) is 22.4. The zero-order valence-electron chi connectivity index (χ0n) is 17.7. The van der Waals surface area contributed by atoms with Gasteiger partial charge >= 0.3 is 5.97 Å². The highest BCUT2D eigenvalue weighted by molar-refractivity contribution is 7.99. The molecule has 2 aromatic heterocycles. The maximum absolute atomic E-state index is 12.3. The van der Waals surface area contributed by atoms with E-state index < -0.39 is 5.97 Å². The Kier molecular flexibility index (Phi) is 7.69. The Morgan fingerprint density at radius 2 is 1.94 bits per heavy atom. The first-order valence-corrected chi connectivity index (χ1v) is 11.5. The lowest BCUT2D eigenvalue weighted by Crippen LogP contribution is -2.16. The fourth-order valence-electron chi connectivity index (χ4n) is 2.62. The maximum Gasteiger partial charge on any atom is 0.340 e. The number of benzene rings is 1. The number of nitrogens with one attached hydrogen (secondary N) is 1. The van der Waals surface area contributed by atoms with Crippen molar-refractivity contribution in [3.8, 4) is 17.1 Å². The van der Waals surface area contributed by atoms with Crippen LogP contribution in [0.25, 0.3) is 11.4 Å². The summed E-state index contributed by atoms with van der Waals surface area (Å²) in [5.74, 6) is 1.38. The molecular formula is C21H24N4O4S2. The molecule has 1 N–H and O–H groups in total. The third-order valence-electron chi connectivity index (χ3n) is 4.19. The zero-order valence-corrected chi connectivity index (χ0v) is 19.4. The standard InChI is InChI=1S/C21H24N4O4S2/c1-13(2)11-29-15-7-5-14(6-8-15)18-23-24-21(25(18)3)31-12-17(26)22-19-16(9-10-30-19)20(27)28-4/h5-10,13H,11-12H2,1-4H3,(H,22,26). The van der Waals surface area contributed by atoms with Crippen LogP contribution in [0.15, 0.2) is 40.9 Å². The first-order chi connectivity index (χ1) is 14.9. The predicted molar refractivity (Wildman–Crippen MR) is 122 cm³/mol. The molecule has 3 rings (SSSR count). The number of methoxy groups -OCH3 is 1. The Labute approximate surface area is 189 Å². The molecule has 3 aromatic rings. The van der Waals surface area contributed by atoms with Crippen molar-refractivity contribution < 1.29 is 19.1 Å². The largest absolute Gasteiger partial charge is 0.493 e. The summed E-state index contributed by atoms with van der Waals surface area (Å²) < 4.78 is 12.3. The van der Waals surface area contributed by atoms with Crippen LogP contribution in [-0.2, 0) is 16.6 Å². The van der Waals surface area contributed by atoms with E-state index in [9.17, 15) is 9.59 Å². The summed E-state index contributed by atoms with van der Waals surface area (Å²) in [4.78, 5) is 24.1. The lowest BCUT2D eigenvalue weighted by atomic mass is 10.2. The highest BCUT2D eigenvalue weighted by atomic mass is 32.2. The molecule has 0 radical (unpaired) electrons. The molecule has 0 saturated carbocycles. The number of thioether (sulfide) groups is 1. The summed E-state index contributed by atoms with van der Waals surface area (Å²) in [6, 6.07) is 9.31. The molecule has 164 valence electrons. The molecule has 0 aliphatic heterocycles. The second-order valence-corrected chi connectivity index (χ2v) is 8.94. The third kappa shape index (κ3) is 5.86. The second kappa shape index (κ2) is 10.5. The van der Waals surface area contributed by atoms with Crippen molar-refractivity contribution in [3.63, 3.8) is 0 Å². The first kappa shape index (κ1) is 22.8. The average Bonchev–Trinajstić information content (AvgIpc) is 3.37. The molecule has 31 heavy (non-hydrogen) atoms. The summed E-state index contributed by atoms with van der Waals surface area (Å²) in [6.07, 6.45) is 0. The van der Waals surface area contributed by atoms with E-state index in [1.807, 2.05) is 35.9 Å². The fraction of sp³-hybridized carbons (Fsp3) is 0.333. The molecule has 8 nitrogen and oxygen atoms in total. The number of carbonyl (C=O) groups excluding carboxylic acids is 2. The van der Waals surface area contributed by atoms with Crippen molar-refractivity contribution >= 4 is 40.0 Å². The van der Waals surface area contributed by atoms with E-state index in [1.54, 1.807) is 11.4 Å². The molecule has 0 saturated heterocycles. The number of carbonyl (C=O) groups is 2. The monoisotopic (exact) mass is 460 g/mol. The summed E-state index contributed by atoms with van der Waals surface area (Å²) in [6.45, 7) is 4.87.